The molecule has 1 fully saturated rings. The highest BCUT2D eigenvalue weighted by molar-refractivity contribution is 5.40. The summed E-state index contributed by atoms with van der Waals surface area (Å²) in [4.78, 5) is 0. The zero-order valence-corrected chi connectivity index (χ0v) is 11.8. The van der Waals surface area contributed by atoms with Crippen molar-refractivity contribution in [3.8, 4) is 0 Å². The molecule has 1 aliphatic heterocycles. The minimum Gasteiger partial charge on any atom is -0.370 e. The van der Waals surface area contributed by atoms with Crippen molar-refractivity contribution in [2.24, 2.45) is 0 Å². The first-order chi connectivity index (χ1) is 9.33. The summed E-state index contributed by atoms with van der Waals surface area (Å²) >= 11 is 0. The minimum atomic E-state index is -0.225. The number of aromatic nitrogens is 2. The van der Waals surface area contributed by atoms with Crippen molar-refractivity contribution in [3.05, 3.63) is 11.8 Å². The first kappa shape index (κ1) is 12.9. The Labute approximate surface area is 114 Å². The van der Waals surface area contributed by atoms with E-state index in [-0.39, 0.29) is 12.3 Å². The van der Waals surface area contributed by atoms with Gasteiger partial charge in [-0.25, -0.2) is 4.68 Å². The Balaban J connectivity index is 1.86. The van der Waals surface area contributed by atoms with Gasteiger partial charge in [-0.3, -0.25) is 0 Å². The highest BCUT2D eigenvalue weighted by atomic mass is 16.7. The molecule has 3 rings (SSSR count). The van der Waals surface area contributed by atoms with Crippen LogP contribution in [-0.2, 0) is 9.47 Å². The Morgan fingerprint density at radius 3 is 2.68 bits per heavy atom. The summed E-state index contributed by atoms with van der Waals surface area (Å²) in [7, 11) is 3.38. The van der Waals surface area contributed by atoms with Crippen LogP contribution in [-0.4, -0.2) is 36.8 Å². The lowest BCUT2D eigenvalue weighted by Crippen LogP contribution is -2.34. The number of hydrogen-bond donors (Lipinski definition) is 1. The van der Waals surface area contributed by atoms with Gasteiger partial charge in [0.15, 0.2) is 6.29 Å². The molecule has 1 saturated carbocycles. The van der Waals surface area contributed by atoms with E-state index in [0.29, 0.717) is 5.92 Å². The average Bonchev–Trinajstić information content (AvgIpc) is 3.09. The molecule has 0 amide bonds. The summed E-state index contributed by atoms with van der Waals surface area (Å²) in [6.07, 6.45) is 5.98. The zero-order chi connectivity index (χ0) is 13.2. The first-order valence-corrected chi connectivity index (χ1v) is 7.22. The summed E-state index contributed by atoms with van der Waals surface area (Å²) in [6, 6.07) is 2.38. The van der Waals surface area contributed by atoms with Crippen molar-refractivity contribution < 1.29 is 9.47 Å². The Kier molecular flexibility index (Phi) is 3.75. The second-order valence-corrected chi connectivity index (χ2v) is 5.50. The fourth-order valence-corrected chi connectivity index (χ4v) is 3.35. The van der Waals surface area contributed by atoms with E-state index < -0.39 is 0 Å². The van der Waals surface area contributed by atoms with Crippen LogP contribution >= 0.6 is 0 Å². The normalized spacial score (nSPS) is 23.6. The summed E-state index contributed by atoms with van der Waals surface area (Å²) in [5.41, 5.74) is 1.23. The Morgan fingerprint density at radius 1 is 1.26 bits per heavy atom. The van der Waals surface area contributed by atoms with Crippen LogP contribution in [0.2, 0.25) is 0 Å². The number of ether oxygens (including phenoxy) is 2. The zero-order valence-electron chi connectivity index (χ0n) is 11.8. The van der Waals surface area contributed by atoms with Crippen molar-refractivity contribution in [2.45, 2.75) is 50.4 Å². The van der Waals surface area contributed by atoms with E-state index in [1.54, 1.807) is 14.2 Å². The number of rotatable bonds is 4. The van der Waals surface area contributed by atoms with Crippen LogP contribution in [0.25, 0.3) is 0 Å². The largest absolute Gasteiger partial charge is 0.370 e. The van der Waals surface area contributed by atoms with Gasteiger partial charge in [0.25, 0.3) is 0 Å². The molecule has 0 aromatic carbocycles. The van der Waals surface area contributed by atoms with Crippen LogP contribution in [0.1, 0.15) is 49.8 Å². The van der Waals surface area contributed by atoms with Gasteiger partial charge in [-0.15, -0.1) is 0 Å². The second-order valence-electron chi connectivity index (χ2n) is 5.50. The standard InChI is InChI=1S/C14H23N3O2/c1-18-14(19-2)12-7-8-15-13-9-11(16-17(12)13)10-5-3-4-6-10/h9-10,12,14-15H,3-8H2,1-2H3. The fraction of sp³-hybridized carbons (Fsp3) is 0.786. The van der Waals surface area contributed by atoms with E-state index in [2.05, 4.69) is 16.1 Å². The molecular formula is C14H23N3O2. The average molecular weight is 265 g/mol. The van der Waals surface area contributed by atoms with E-state index in [1.807, 2.05) is 0 Å². The van der Waals surface area contributed by atoms with Gasteiger partial charge in [0.2, 0.25) is 0 Å². The van der Waals surface area contributed by atoms with Gasteiger partial charge in [0, 0.05) is 32.7 Å². The van der Waals surface area contributed by atoms with Crippen molar-refractivity contribution in [1.29, 1.82) is 0 Å². The van der Waals surface area contributed by atoms with Crippen LogP contribution in [0.15, 0.2) is 6.07 Å². The maximum absolute atomic E-state index is 5.42. The van der Waals surface area contributed by atoms with Gasteiger partial charge in [0.05, 0.1) is 5.69 Å². The van der Waals surface area contributed by atoms with Crippen LogP contribution in [0.4, 0.5) is 5.82 Å². The van der Waals surface area contributed by atoms with Crippen LogP contribution < -0.4 is 5.32 Å². The molecule has 1 aromatic heterocycles. The number of nitrogens with one attached hydrogen (secondary N) is 1. The third-order valence-corrected chi connectivity index (χ3v) is 4.37. The van der Waals surface area contributed by atoms with E-state index in [9.17, 15) is 0 Å². The summed E-state index contributed by atoms with van der Waals surface area (Å²) in [5.74, 6) is 1.75. The predicted octanol–water partition coefficient (Wildman–Crippen LogP) is 2.52. The predicted molar refractivity (Wildman–Crippen MR) is 73.4 cm³/mol. The lowest BCUT2D eigenvalue weighted by atomic mass is 10.0. The van der Waals surface area contributed by atoms with E-state index in [4.69, 9.17) is 14.6 Å². The molecule has 106 valence electrons. The molecule has 1 aromatic rings. The quantitative estimate of drug-likeness (QED) is 0.850. The smallest absolute Gasteiger partial charge is 0.179 e. The number of fused-ring (bicyclic) bond motifs is 1. The Bertz CT molecular complexity index is 422. The highest BCUT2D eigenvalue weighted by Crippen LogP contribution is 2.36. The number of hydrogen-bond acceptors (Lipinski definition) is 4. The Morgan fingerprint density at radius 2 is 2.00 bits per heavy atom. The maximum atomic E-state index is 5.42. The van der Waals surface area contributed by atoms with E-state index in [0.717, 1.165) is 18.8 Å². The van der Waals surface area contributed by atoms with Gasteiger partial charge < -0.3 is 14.8 Å². The summed E-state index contributed by atoms with van der Waals surface area (Å²) in [5, 5.41) is 8.25. The van der Waals surface area contributed by atoms with Crippen LogP contribution in [0, 0.1) is 0 Å². The van der Waals surface area contributed by atoms with Crippen molar-refractivity contribution in [3.63, 3.8) is 0 Å². The lowest BCUT2D eigenvalue weighted by molar-refractivity contribution is -0.135. The summed E-state index contributed by atoms with van der Waals surface area (Å²) in [6.45, 7) is 0.948. The van der Waals surface area contributed by atoms with Crippen LogP contribution in [0.3, 0.4) is 0 Å². The molecule has 0 saturated heterocycles. The molecule has 5 heteroatoms. The van der Waals surface area contributed by atoms with Crippen molar-refractivity contribution in [1.82, 2.24) is 9.78 Å². The molecule has 2 heterocycles. The minimum absolute atomic E-state index is 0.168. The number of anilines is 1. The third kappa shape index (κ3) is 2.37. The molecule has 1 atom stereocenters. The van der Waals surface area contributed by atoms with Gasteiger partial charge in [0.1, 0.15) is 11.9 Å². The van der Waals surface area contributed by atoms with E-state index >= 15 is 0 Å². The molecule has 0 radical (unpaired) electrons. The SMILES string of the molecule is COC(OC)C1CCNc2cc(C3CCCC3)nn21. The number of nitrogens with zero attached hydrogens (tertiary/aromatic N) is 2. The second kappa shape index (κ2) is 5.51. The highest BCUT2D eigenvalue weighted by Gasteiger charge is 2.31. The van der Waals surface area contributed by atoms with Crippen molar-refractivity contribution >= 4 is 5.82 Å². The van der Waals surface area contributed by atoms with E-state index in [1.165, 1.54) is 31.4 Å². The summed E-state index contributed by atoms with van der Waals surface area (Å²) < 4.78 is 12.9. The molecule has 2 aliphatic rings. The molecule has 0 bridgehead atoms. The lowest BCUT2D eigenvalue weighted by Gasteiger charge is -2.30. The Hall–Kier alpha value is -1.07. The fourth-order valence-electron chi connectivity index (χ4n) is 3.35. The monoisotopic (exact) mass is 265 g/mol. The maximum Gasteiger partial charge on any atom is 0.179 e. The van der Waals surface area contributed by atoms with Gasteiger partial charge >= 0.3 is 0 Å². The van der Waals surface area contributed by atoms with Crippen LogP contribution in [0.5, 0.6) is 0 Å². The van der Waals surface area contributed by atoms with Gasteiger partial charge in [-0.05, 0) is 19.3 Å². The molecule has 1 N–H and O–H groups in total. The van der Waals surface area contributed by atoms with Gasteiger partial charge in [-0.1, -0.05) is 12.8 Å². The molecule has 0 spiro atoms. The molecule has 1 aliphatic carbocycles. The molecule has 1 unspecified atom stereocenters. The van der Waals surface area contributed by atoms with Crippen molar-refractivity contribution in [2.75, 3.05) is 26.1 Å². The third-order valence-electron chi connectivity index (χ3n) is 4.37. The molecule has 5 nitrogen and oxygen atoms in total. The number of methoxy groups -OCH3 is 2. The first-order valence-electron chi connectivity index (χ1n) is 7.22. The topological polar surface area (TPSA) is 48.3 Å². The van der Waals surface area contributed by atoms with Gasteiger partial charge in [-0.2, -0.15) is 5.10 Å². The molecular weight excluding hydrogens is 242 g/mol. The molecule has 19 heavy (non-hydrogen) atoms.